The molecule has 0 aromatic carbocycles. The lowest BCUT2D eigenvalue weighted by molar-refractivity contribution is -0.150. The minimum absolute atomic E-state index is 0.0698. The van der Waals surface area contributed by atoms with E-state index in [2.05, 4.69) is 4.74 Å². The number of nitrogens with zero attached hydrogens (tertiary/aromatic N) is 1. The lowest BCUT2D eigenvalue weighted by Crippen LogP contribution is -2.40. The van der Waals surface area contributed by atoms with Gasteiger partial charge >= 0.3 is 5.97 Å². The zero-order chi connectivity index (χ0) is 10.6. The Balaban J connectivity index is 2.59. The van der Waals surface area contributed by atoms with Crippen molar-refractivity contribution in [2.24, 2.45) is 0 Å². The molecule has 0 radical (unpaired) electrons. The van der Waals surface area contributed by atoms with Crippen LogP contribution in [0.3, 0.4) is 0 Å². The summed E-state index contributed by atoms with van der Waals surface area (Å²) in [5.74, 6) is -0.215. The first-order valence-electron chi connectivity index (χ1n) is 5.08. The van der Waals surface area contributed by atoms with Crippen molar-refractivity contribution >= 4 is 11.9 Å². The van der Waals surface area contributed by atoms with Crippen LogP contribution in [-0.2, 0) is 14.3 Å². The van der Waals surface area contributed by atoms with Crippen molar-refractivity contribution in [1.29, 1.82) is 0 Å². The highest BCUT2D eigenvalue weighted by Crippen LogP contribution is 2.19. The molecule has 0 saturated carbocycles. The molecule has 0 bridgehead atoms. The molecule has 0 aromatic rings. The van der Waals surface area contributed by atoms with E-state index in [9.17, 15) is 9.59 Å². The van der Waals surface area contributed by atoms with E-state index in [1.54, 1.807) is 4.90 Å². The van der Waals surface area contributed by atoms with Crippen LogP contribution in [0.4, 0.5) is 0 Å². The quantitative estimate of drug-likeness (QED) is 0.636. The third-order valence-corrected chi connectivity index (χ3v) is 2.51. The van der Waals surface area contributed by atoms with E-state index in [0.717, 1.165) is 19.3 Å². The monoisotopic (exact) mass is 199 g/mol. The molecule has 1 fully saturated rings. The van der Waals surface area contributed by atoms with Gasteiger partial charge in [-0.25, -0.2) is 4.79 Å². The van der Waals surface area contributed by atoms with Gasteiger partial charge in [0.25, 0.3) is 0 Å². The van der Waals surface area contributed by atoms with Crippen molar-refractivity contribution < 1.29 is 14.3 Å². The third-order valence-electron chi connectivity index (χ3n) is 2.51. The van der Waals surface area contributed by atoms with E-state index in [4.69, 9.17) is 0 Å². The van der Waals surface area contributed by atoms with Crippen molar-refractivity contribution in [2.75, 3.05) is 13.7 Å². The van der Waals surface area contributed by atoms with E-state index in [1.165, 1.54) is 7.11 Å². The van der Waals surface area contributed by atoms with Gasteiger partial charge in [-0.2, -0.15) is 0 Å². The largest absolute Gasteiger partial charge is 0.467 e. The van der Waals surface area contributed by atoms with E-state index >= 15 is 0 Å². The number of rotatable bonds is 3. The maximum atomic E-state index is 11.6. The highest BCUT2D eigenvalue weighted by atomic mass is 16.5. The SMILES string of the molecule is CCCC(=O)N1CCCC1C(=O)OC. The Hall–Kier alpha value is -1.06. The molecule has 0 aromatic heterocycles. The molecule has 1 amide bonds. The molecule has 1 aliphatic heterocycles. The summed E-state index contributed by atoms with van der Waals surface area (Å²) in [4.78, 5) is 24.6. The van der Waals surface area contributed by atoms with Gasteiger partial charge in [-0.05, 0) is 19.3 Å². The summed E-state index contributed by atoms with van der Waals surface area (Å²) in [5, 5.41) is 0. The molecule has 0 aliphatic carbocycles. The van der Waals surface area contributed by atoms with Crippen LogP contribution < -0.4 is 0 Å². The van der Waals surface area contributed by atoms with E-state index in [1.807, 2.05) is 6.92 Å². The van der Waals surface area contributed by atoms with E-state index in [-0.39, 0.29) is 17.9 Å². The Bertz CT molecular complexity index is 227. The molecule has 1 unspecified atom stereocenters. The van der Waals surface area contributed by atoms with Crippen LogP contribution in [0.25, 0.3) is 0 Å². The predicted octanol–water partition coefficient (Wildman–Crippen LogP) is 0.950. The first kappa shape index (κ1) is 11.0. The molecule has 14 heavy (non-hydrogen) atoms. The molecule has 4 nitrogen and oxygen atoms in total. The topological polar surface area (TPSA) is 46.6 Å². The average Bonchev–Trinajstić information content (AvgIpc) is 2.65. The fourth-order valence-electron chi connectivity index (χ4n) is 1.80. The van der Waals surface area contributed by atoms with Gasteiger partial charge in [-0.1, -0.05) is 6.92 Å². The highest BCUT2D eigenvalue weighted by Gasteiger charge is 2.33. The molecule has 1 heterocycles. The van der Waals surface area contributed by atoms with Gasteiger partial charge in [0.15, 0.2) is 0 Å². The summed E-state index contributed by atoms with van der Waals surface area (Å²) in [5.41, 5.74) is 0. The summed E-state index contributed by atoms with van der Waals surface area (Å²) in [6.07, 6.45) is 2.98. The van der Waals surface area contributed by atoms with Crippen LogP contribution in [-0.4, -0.2) is 36.5 Å². The number of likely N-dealkylation sites (tertiary alicyclic amines) is 1. The van der Waals surface area contributed by atoms with Crippen LogP contribution in [0.2, 0.25) is 0 Å². The smallest absolute Gasteiger partial charge is 0.328 e. The number of carbonyl (C=O) groups is 2. The van der Waals surface area contributed by atoms with Crippen molar-refractivity contribution in [1.82, 2.24) is 4.90 Å². The lowest BCUT2D eigenvalue weighted by atomic mass is 10.2. The highest BCUT2D eigenvalue weighted by molar-refractivity contribution is 5.85. The summed E-state index contributed by atoms with van der Waals surface area (Å²) in [6.45, 7) is 2.65. The normalized spacial score (nSPS) is 21.0. The minimum Gasteiger partial charge on any atom is -0.467 e. The van der Waals surface area contributed by atoms with Gasteiger partial charge in [-0.15, -0.1) is 0 Å². The first-order valence-corrected chi connectivity index (χ1v) is 5.08. The summed E-state index contributed by atoms with van der Waals surface area (Å²) < 4.78 is 4.66. The van der Waals surface area contributed by atoms with Gasteiger partial charge < -0.3 is 9.64 Å². The molecule has 1 rings (SSSR count). The molecule has 0 N–H and O–H groups in total. The van der Waals surface area contributed by atoms with Crippen molar-refractivity contribution in [3.8, 4) is 0 Å². The average molecular weight is 199 g/mol. The summed E-state index contributed by atoms with van der Waals surface area (Å²) >= 11 is 0. The molecule has 4 heteroatoms. The number of esters is 1. The zero-order valence-electron chi connectivity index (χ0n) is 8.78. The second-order valence-corrected chi connectivity index (χ2v) is 3.52. The number of ether oxygens (including phenoxy) is 1. The Morgan fingerprint density at radius 3 is 2.79 bits per heavy atom. The number of methoxy groups -OCH3 is 1. The minimum atomic E-state index is -0.334. The van der Waals surface area contributed by atoms with Crippen LogP contribution >= 0.6 is 0 Å². The Labute approximate surface area is 84.2 Å². The number of amides is 1. The summed E-state index contributed by atoms with van der Waals surface area (Å²) in [6, 6.07) is -0.334. The fourth-order valence-corrected chi connectivity index (χ4v) is 1.80. The standard InChI is InChI=1S/C10H17NO3/c1-3-5-9(12)11-7-4-6-8(11)10(13)14-2/h8H,3-7H2,1-2H3. The van der Waals surface area contributed by atoms with Crippen molar-refractivity contribution in [3.63, 3.8) is 0 Å². The number of hydrogen-bond acceptors (Lipinski definition) is 3. The van der Waals surface area contributed by atoms with Crippen molar-refractivity contribution in [3.05, 3.63) is 0 Å². The van der Waals surface area contributed by atoms with E-state index < -0.39 is 0 Å². The fraction of sp³-hybridized carbons (Fsp3) is 0.800. The molecule has 0 spiro atoms. The second-order valence-electron chi connectivity index (χ2n) is 3.52. The zero-order valence-corrected chi connectivity index (χ0v) is 8.78. The van der Waals surface area contributed by atoms with Gasteiger partial charge in [-0.3, -0.25) is 4.79 Å². The van der Waals surface area contributed by atoms with Gasteiger partial charge in [0.2, 0.25) is 5.91 Å². The predicted molar refractivity (Wildman–Crippen MR) is 51.7 cm³/mol. The van der Waals surface area contributed by atoms with Crippen LogP contribution in [0.15, 0.2) is 0 Å². The Kier molecular flexibility index (Phi) is 3.92. The molecule has 1 saturated heterocycles. The number of hydrogen-bond donors (Lipinski definition) is 0. The van der Waals surface area contributed by atoms with Crippen LogP contribution in [0.1, 0.15) is 32.6 Å². The molecule has 1 atom stereocenters. The molecule has 80 valence electrons. The first-order chi connectivity index (χ1) is 6.70. The summed E-state index contributed by atoms with van der Waals surface area (Å²) in [7, 11) is 1.36. The molecule has 1 aliphatic rings. The van der Waals surface area contributed by atoms with Gasteiger partial charge in [0, 0.05) is 13.0 Å². The van der Waals surface area contributed by atoms with Gasteiger partial charge in [0.05, 0.1) is 7.11 Å². The second kappa shape index (κ2) is 4.98. The molecular weight excluding hydrogens is 182 g/mol. The number of carbonyl (C=O) groups excluding carboxylic acids is 2. The third kappa shape index (κ3) is 2.25. The van der Waals surface area contributed by atoms with E-state index in [0.29, 0.717) is 13.0 Å². The Morgan fingerprint density at radius 2 is 2.21 bits per heavy atom. The van der Waals surface area contributed by atoms with Crippen LogP contribution in [0.5, 0.6) is 0 Å². The maximum absolute atomic E-state index is 11.6. The lowest BCUT2D eigenvalue weighted by Gasteiger charge is -2.22. The molecular formula is C10H17NO3. The Morgan fingerprint density at radius 1 is 1.50 bits per heavy atom. The maximum Gasteiger partial charge on any atom is 0.328 e. The van der Waals surface area contributed by atoms with Crippen molar-refractivity contribution in [2.45, 2.75) is 38.6 Å². The van der Waals surface area contributed by atoms with Crippen LogP contribution in [0, 0.1) is 0 Å². The van der Waals surface area contributed by atoms with Gasteiger partial charge in [0.1, 0.15) is 6.04 Å².